The van der Waals surface area contributed by atoms with Crippen LogP contribution in [0.2, 0.25) is 0 Å². The highest BCUT2D eigenvalue weighted by molar-refractivity contribution is 5.85. The van der Waals surface area contributed by atoms with E-state index in [1.807, 2.05) is 6.92 Å². The molecule has 0 spiro atoms. The second-order valence-electron chi connectivity index (χ2n) is 5.71. The van der Waals surface area contributed by atoms with E-state index in [0.29, 0.717) is 19.4 Å². The number of hydrogen-bond acceptors (Lipinski definition) is 2. The zero-order valence-electron chi connectivity index (χ0n) is 12.0. The van der Waals surface area contributed by atoms with Crippen LogP contribution in [0.15, 0.2) is 0 Å². The van der Waals surface area contributed by atoms with Crippen LogP contribution in [0.5, 0.6) is 0 Å². The number of carbonyl (C=O) groups excluding carboxylic acids is 1. The molecule has 0 bridgehead atoms. The molecule has 1 saturated carbocycles. The van der Waals surface area contributed by atoms with Crippen LogP contribution in [0.1, 0.15) is 58.8 Å². The Hall–Kier alpha value is -1.26. The maximum Gasteiger partial charge on any atom is 0.329 e. The second-order valence-corrected chi connectivity index (χ2v) is 5.71. The SMILES string of the molecule is CCCC(C)(NC(=O)NCCC1CCCC1)C(=O)O. The summed E-state index contributed by atoms with van der Waals surface area (Å²) in [7, 11) is 0. The largest absolute Gasteiger partial charge is 0.480 e. The lowest BCUT2D eigenvalue weighted by molar-refractivity contribution is -0.144. The van der Waals surface area contributed by atoms with Crippen molar-refractivity contribution in [3.8, 4) is 0 Å². The van der Waals surface area contributed by atoms with Crippen LogP contribution in [0.4, 0.5) is 4.79 Å². The van der Waals surface area contributed by atoms with Gasteiger partial charge in [-0.2, -0.15) is 0 Å². The standard InChI is InChI=1S/C14H26N2O3/c1-3-9-14(2,12(17)18)16-13(19)15-10-8-11-6-4-5-7-11/h11H,3-10H2,1-2H3,(H,17,18)(H2,15,16,19). The normalized spacial score (nSPS) is 18.8. The molecule has 1 fully saturated rings. The first-order valence-corrected chi connectivity index (χ1v) is 7.27. The molecule has 0 aromatic rings. The van der Waals surface area contributed by atoms with Crippen LogP contribution < -0.4 is 10.6 Å². The Bertz CT molecular complexity index is 314. The number of urea groups is 1. The summed E-state index contributed by atoms with van der Waals surface area (Å²) in [5.41, 5.74) is -1.17. The Morgan fingerprint density at radius 1 is 1.32 bits per heavy atom. The van der Waals surface area contributed by atoms with Gasteiger partial charge in [0.15, 0.2) is 0 Å². The van der Waals surface area contributed by atoms with E-state index in [0.717, 1.165) is 12.3 Å². The highest BCUT2D eigenvalue weighted by Crippen LogP contribution is 2.26. The summed E-state index contributed by atoms with van der Waals surface area (Å²) < 4.78 is 0. The number of nitrogens with one attached hydrogen (secondary N) is 2. The number of carboxylic acids is 1. The quantitative estimate of drug-likeness (QED) is 0.665. The van der Waals surface area contributed by atoms with E-state index in [1.165, 1.54) is 25.7 Å². The first-order chi connectivity index (χ1) is 8.98. The maximum atomic E-state index is 11.7. The Morgan fingerprint density at radius 2 is 1.95 bits per heavy atom. The lowest BCUT2D eigenvalue weighted by atomic mass is 9.96. The fraction of sp³-hybridized carbons (Fsp3) is 0.857. The fourth-order valence-electron chi connectivity index (χ4n) is 2.71. The van der Waals surface area contributed by atoms with Gasteiger partial charge in [-0.3, -0.25) is 0 Å². The Balaban J connectivity index is 2.29. The molecule has 0 aliphatic heterocycles. The predicted molar refractivity (Wildman–Crippen MR) is 74.1 cm³/mol. The molecule has 0 aromatic carbocycles. The summed E-state index contributed by atoms with van der Waals surface area (Å²) in [6.45, 7) is 4.08. The summed E-state index contributed by atoms with van der Waals surface area (Å²) in [5, 5.41) is 14.5. The summed E-state index contributed by atoms with van der Waals surface area (Å²) in [4.78, 5) is 22.9. The Morgan fingerprint density at radius 3 is 2.47 bits per heavy atom. The number of carbonyl (C=O) groups is 2. The molecule has 0 heterocycles. The van der Waals surface area contributed by atoms with Crippen molar-refractivity contribution < 1.29 is 14.7 Å². The van der Waals surface area contributed by atoms with Gasteiger partial charge in [-0.1, -0.05) is 39.0 Å². The molecule has 5 nitrogen and oxygen atoms in total. The van der Waals surface area contributed by atoms with Crippen molar-refractivity contribution in [3.05, 3.63) is 0 Å². The highest BCUT2D eigenvalue weighted by Gasteiger charge is 2.33. The molecule has 3 N–H and O–H groups in total. The van der Waals surface area contributed by atoms with E-state index in [-0.39, 0.29) is 6.03 Å². The number of carboxylic acid groups (broad SMARTS) is 1. The van der Waals surface area contributed by atoms with Crippen molar-refractivity contribution in [2.45, 2.75) is 64.3 Å². The van der Waals surface area contributed by atoms with Gasteiger partial charge < -0.3 is 15.7 Å². The first-order valence-electron chi connectivity index (χ1n) is 7.27. The van der Waals surface area contributed by atoms with E-state index < -0.39 is 11.5 Å². The molecule has 1 unspecified atom stereocenters. The zero-order chi connectivity index (χ0) is 14.3. The van der Waals surface area contributed by atoms with Crippen LogP contribution >= 0.6 is 0 Å². The Labute approximate surface area is 115 Å². The van der Waals surface area contributed by atoms with Crippen molar-refractivity contribution >= 4 is 12.0 Å². The van der Waals surface area contributed by atoms with Crippen molar-refractivity contribution in [1.29, 1.82) is 0 Å². The third-order valence-corrected chi connectivity index (χ3v) is 3.92. The van der Waals surface area contributed by atoms with Gasteiger partial charge in [-0.05, 0) is 25.7 Å². The molecule has 0 radical (unpaired) electrons. The summed E-state index contributed by atoms with van der Waals surface area (Å²) in [6.07, 6.45) is 7.24. The second kappa shape index (κ2) is 7.36. The van der Waals surface area contributed by atoms with E-state index >= 15 is 0 Å². The topological polar surface area (TPSA) is 78.4 Å². The third-order valence-electron chi connectivity index (χ3n) is 3.92. The minimum Gasteiger partial charge on any atom is -0.480 e. The van der Waals surface area contributed by atoms with Crippen LogP contribution in [0.3, 0.4) is 0 Å². The first kappa shape index (κ1) is 15.8. The molecule has 1 aliphatic carbocycles. The van der Waals surface area contributed by atoms with Gasteiger partial charge in [-0.25, -0.2) is 9.59 Å². The van der Waals surface area contributed by atoms with Gasteiger partial charge in [0.2, 0.25) is 0 Å². The van der Waals surface area contributed by atoms with Crippen LogP contribution in [0, 0.1) is 5.92 Å². The molecule has 5 heteroatoms. The molecule has 0 aromatic heterocycles. The minimum absolute atomic E-state index is 0.378. The molecule has 1 aliphatic rings. The number of aliphatic carboxylic acids is 1. The van der Waals surface area contributed by atoms with E-state index in [1.54, 1.807) is 6.92 Å². The van der Waals surface area contributed by atoms with E-state index in [4.69, 9.17) is 5.11 Å². The summed E-state index contributed by atoms with van der Waals surface area (Å²) in [6, 6.07) is -0.378. The van der Waals surface area contributed by atoms with Crippen LogP contribution in [-0.2, 0) is 4.79 Å². The van der Waals surface area contributed by atoms with Crippen molar-refractivity contribution in [2.75, 3.05) is 6.54 Å². The average Bonchev–Trinajstić information content (AvgIpc) is 2.82. The molecule has 2 amide bonds. The number of rotatable bonds is 7. The van der Waals surface area contributed by atoms with Gasteiger partial charge in [0, 0.05) is 6.54 Å². The van der Waals surface area contributed by atoms with Gasteiger partial charge in [-0.15, -0.1) is 0 Å². The molecule has 0 saturated heterocycles. The van der Waals surface area contributed by atoms with Gasteiger partial charge in [0.05, 0.1) is 0 Å². The summed E-state index contributed by atoms with van der Waals surface area (Å²) in [5.74, 6) is -0.262. The zero-order valence-corrected chi connectivity index (χ0v) is 12.0. The van der Waals surface area contributed by atoms with E-state index in [2.05, 4.69) is 10.6 Å². The summed E-state index contributed by atoms with van der Waals surface area (Å²) >= 11 is 0. The molecule has 19 heavy (non-hydrogen) atoms. The predicted octanol–water partition coefficient (Wildman–Crippen LogP) is 2.51. The molecule has 1 atom stereocenters. The fourth-order valence-corrected chi connectivity index (χ4v) is 2.71. The van der Waals surface area contributed by atoms with Gasteiger partial charge >= 0.3 is 12.0 Å². The van der Waals surface area contributed by atoms with Crippen molar-refractivity contribution in [3.63, 3.8) is 0 Å². The lowest BCUT2D eigenvalue weighted by Crippen LogP contribution is -2.55. The highest BCUT2D eigenvalue weighted by atomic mass is 16.4. The average molecular weight is 270 g/mol. The Kier molecular flexibility index (Phi) is 6.12. The van der Waals surface area contributed by atoms with Crippen LogP contribution in [0.25, 0.3) is 0 Å². The van der Waals surface area contributed by atoms with E-state index in [9.17, 15) is 9.59 Å². The van der Waals surface area contributed by atoms with Crippen LogP contribution in [-0.4, -0.2) is 29.2 Å². The molecular weight excluding hydrogens is 244 g/mol. The van der Waals surface area contributed by atoms with Gasteiger partial charge in [0.25, 0.3) is 0 Å². The third kappa shape index (κ3) is 5.09. The van der Waals surface area contributed by atoms with Crippen molar-refractivity contribution in [1.82, 2.24) is 10.6 Å². The van der Waals surface area contributed by atoms with Crippen molar-refractivity contribution in [2.24, 2.45) is 5.92 Å². The van der Waals surface area contributed by atoms with Gasteiger partial charge in [0.1, 0.15) is 5.54 Å². The smallest absolute Gasteiger partial charge is 0.329 e. The maximum absolute atomic E-state index is 11.7. The number of amides is 2. The molecule has 1 rings (SSSR count). The number of hydrogen-bond donors (Lipinski definition) is 3. The molecular formula is C14H26N2O3. The molecule has 110 valence electrons. The minimum atomic E-state index is -1.17. The lowest BCUT2D eigenvalue weighted by Gasteiger charge is -2.26. The monoisotopic (exact) mass is 270 g/mol.